The quantitative estimate of drug-likeness (QED) is 0.300. The normalized spacial score (nSPS) is 11.8. The second-order valence-corrected chi connectivity index (χ2v) is 9.50. The Morgan fingerprint density at radius 1 is 1.09 bits per heavy atom. The average molecular weight is 566 g/mol. The number of ether oxygens (including phenoxy) is 1. The number of halogens is 3. The first-order valence-corrected chi connectivity index (χ1v) is 12.7. The number of hydrogen-bond acceptors (Lipinski definition) is 3. The summed E-state index contributed by atoms with van der Waals surface area (Å²) < 4.78 is 6.68. The fourth-order valence-corrected chi connectivity index (χ4v) is 4.74. The van der Waals surface area contributed by atoms with Gasteiger partial charge in [-0.25, -0.2) is 0 Å². The van der Waals surface area contributed by atoms with Crippen LogP contribution in [0.5, 0.6) is 5.75 Å². The van der Waals surface area contributed by atoms with E-state index >= 15 is 0 Å². The summed E-state index contributed by atoms with van der Waals surface area (Å²) >= 11 is 16.0. The Balaban J connectivity index is 1.84. The summed E-state index contributed by atoms with van der Waals surface area (Å²) in [5.41, 5.74) is 0.702. The molecule has 0 radical (unpaired) electrons. The fourth-order valence-electron chi connectivity index (χ4n) is 3.67. The van der Waals surface area contributed by atoms with Crippen LogP contribution in [0, 0.1) is 0 Å². The molecule has 0 saturated heterocycles. The maximum Gasteiger partial charge on any atom is 0.261 e. The molecule has 3 aromatic carbocycles. The number of nitrogens with one attached hydrogen (secondary N) is 1. The van der Waals surface area contributed by atoms with Crippen molar-refractivity contribution in [2.75, 3.05) is 13.2 Å². The van der Waals surface area contributed by atoms with E-state index in [9.17, 15) is 9.59 Å². The molecule has 0 aliphatic rings. The van der Waals surface area contributed by atoms with Crippen molar-refractivity contribution in [3.8, 4) is 5.75 Å². The minimum Gasteiger partial charge on any atom is -0.483 e. The van der Waals surface area contributed by atoms with E-state index < -0.39 is 6.04 Å². The number of benzene rings is 3. The predicted octanol–water partition coefficient (Wildman–Crippen LogP) is 6.62. The van der Waals surface area contributed by atoms with Crippen LogP contribution in [0.2, 0.25) is 10.0 Å². The SMILES string of the molecule is CCCNC(=O)C(CC)N(Cc1ccc(Cl)cc1Cl)C(=O)COc1ccc2ccccc2c1Br. The highest BCUT2D eigenvalue weighted by Crippen LogP contribution is 2.33. The molecule has 0 heterocycles. The lowest BCUT2D eigenvalue weighted by atomic mass is 10.1. The molecule has 0 saturated carbocycles. The van der Waals surface area contributed by atoms with Crippen molar-refractivity contribution in [3.63, 3.8) is 0 Å². The minimum atomic E-state index is -0.658. The van der Waals surface area contributed by atoms with Crippen molar-refractivity contribution >= 4 is 61.7 Å². The van der Waals surface area contributed by atoms with Gasteiger partial charge in [-0.15, -0.1) is 0 Å². The van der Waals surface area contributed by atoms with E-state index in [-0.39, 0.29) is 25.0 Å². The van der Waals surface area contributed by atoms with Crippen LogP contribution in [-0.2, 0) is 16.1 Å². The Hall–Kier alpha value is -2.28. The van der Waals surface area contributed by atoms with Gasteiger partial charge in [0.25, 0.3) is 5.91 Å². The molecule has 0 bridgehead atoms. The lowest BCUT2D eigenvalue weighted by molar-refractivity contribution is -0.143. The third-order valence-corrected chi connectivity index (χ3v) is 6.87. The summed E-state index contributed by atoms with van der Waals surface area (Å²) in [5, 5.41) is 5.89. The van der Waals surface area contributed by atoms with E-state index in [4.69, 9.17) is 27.9 Å². The molecule has 1 unspecified atom stereocenters. The Bertz CT molecular complexity index is 1170. The zero-order chi connectivity index (χ0) is 24.7. The Morgan fingerprint density at radius 3 is 2.56 bits per heavy atom. The van der Waals surface area contributed by atoms with Gasteiger partial charge >= 0.3 is 0 Å². The zero-order valence-electron chi connectivity index (χ0n) is 19.1. The number of carbonyl (C=O) groups excluding carboxylic acids is 2. The van der Waals surface area contributed by atoms with Crippen molar-refractivity contribution < 1.29 is 14.3 Å². The summed E-state index contributed by atoms with van der Waals surface area (Å²) in [6.45, 7) is 4.34. The molecule has 180 valence electrons. The zero-order valence-corrected chi connectivity index (χ0v) is 22.2. The van der Waals surface area contributed by atoms with Crippen molar-refractivity contribution in [2.24, 2.45) is 0 Å². The molecular formula is C26H27BrCl2N2O3. The van der Waals surface area contributed by atoms with Crippen LogP contribution in [0.4, 0.5) is 0 Å². The maximum atomic E-state index is 13.4. The Kier molecular flexibility index (Phi) is 9.63. The molecule has 8 heteroatoms. The number of amides is 2. The summed E-state index contributed by atoms with van der Waals surface area (Å²) in [6, 6.07) is 16.1. The van der Waals surface area contributed by atoms with Crippen LogP contribution in [0.25, 0.3) is 10.8 Å². The topological polar surface area (TPSA) is 58.6 Å². The molecule has 0 aliphatic heterocycles. The standard InChI is InChI=1S/C26H27BrCl2N2O3/c1-3-13-30-26(33)22(4-2)31(15-18-9-11-19(28)14-21(18)29)24(32)16-34-23-12-10-17-7-5-6-8-20(17)25(23)27/h5-12,14,22H,3-4,13,15-16H2,1-2H3,(H,30,33). The molecule has 0 aromatic heterocycles. The molecule has 3 aromatic rings. The van der Waals surface area contributed by atoms with Gasteiger partial charge in [0.05, 0.1) is 4.47 Å². The van der Waals surface area contributed by atoms with Crippen molar-refractivity contribution in [3.05, 3.63) is 74.7 Å². The second kappa shape index (κ2) is 12.4. The minimum absolute atomic E-state index is 0.162. The molecule has 2 amide bonds. The lowest BCUT2D eigenvalue weighted by Gasteiger charge is -2.31. The average Bonchev–Trinajstić information content (AvgIpc) is 2.83. The maximum absolute atomic E-state index is 13.4. The number of nitrogens with zero attached hydrogens (tertiary/aromatic N) is 1. The van der Waals surface area contributed by atoms with Gasteiger partial charge in [-0.1, -0.05) is 73.4 Å². The van der Waals surface area contributed by atoms with Gasteiger partial charge < -0.3 is 15.0 Å². The molecule has 0 aliphatic carbocycles. The summed E-state index contributed by atoms with van der Waals surface area (Å²) in [4.78, 5) is 27.8. The number of rotatable bonds is 10. The Morgan fingerprint density at radius 2 is 1.85 bits per heavy atom. The Labute approximate surface area is 218 Å². The smallest absolute Gasteiger partial charge is 0.261 e. The first-order valence-electron chi connectivity index (χ1n) is 11.2. The molecule has 34 heavy (non-hydrogen) atoms. The van der Waals surface area contributed by atoms with E-state index in [1.807, 2.05) is 50.2 Å². The summed E-state index contributed by atoms with van der Waals surface area (Å²) in [6.07, 6.45) is 1.25. The van der Waals surface area contributed by atoms with E-state index in [1.165, 1.54) is 4.90 Å². The van der Waals surface area contributed by atoms with Gasteiger partial charge in [-0.05, 0) is 63.3 Å². The summed E-state index contributed by atoms with van der Waals surface area (Å²) in [7, 11) is 0. The number of carbonyl (C=O) groups is 2. The number of fused-ring (bicyclic) bond motifs is 1. The molecule has 1 N–H and O–H groups in total. The highest BCUT2D eigenvalue weighted by molar-refractivity contribution is 9.10. The van der Waals surface area contributed by atoms with Crippen molar-refractivity contribution in [2.45, 2.75) is 39.3 Å². The van der Waals surface area contributed by atoms with Gasteiger partial charge in [0.2, 0.25) is 5.91 Å². The highest BCUT2D eigenvalue weighted by atomic mass is 79.9. The largest absolute Gasteiger partial charge is 0.483 e. The number of hydrogen-bond donors (Lipinski definition) is 1. The first kappa shape index (κ1) is 26.3. The van der Waals surface area contributed by atoms with Crippen LogP contribution in [-0.4, -0.2) is 35.9 Å². The van der Waals surface area contributed by atoms with Crippen LogP contribution in [0.15, 0.2) is 59.1 Å². The van der Waals surface area contributed by atoms with Crippen LogP contribution < -0.4 is 10.1 Å². The van der Waals surface area contributed by atoms with E-state index in [0.717, 1.165) is 21.7 Å². The molecule has 1 atom stereocenters. The van der Waals surface area contributed by atoms with Gasteiger partial charge in [-0.3, -0.25) is 9.59 Å². The van der Waals surface area contributed by atoms with Crippen molar-refractivity contribution in [1.82, 2.24) is 10.2 Å². The molecule has 5 nitrogen and oxygen atoms in total. The molecular weight excluding hydrogens is 539 g/mol. The van der Waals surface area contributed by atoms with Crippen LogP contribution in [0.1, 0.15) is 32.3 Å². The summed E-state index contributed by atoms with van der Waals surface area (Å²) in [5.74, 6) is 0.0410. The predicted molar refractivity (Wildman–Crippen MR) is 142 cm³/mol. The molecule has 0 fully saturated rings. The van der Waals surface area contributed by atoms with E-state index in [0.29, 0.717) is 34.3 Å². The van der Waals surface area contributed by atoms with Crippen LogP contribution in [0.3, 0.4) is 0 Å². The van der Waals surface area contributed by atoms with Gasteiger partial charge in [0.1, 0.15) is 11.8 Å². The van der Waals surface area contributed by atoms with Gasteiger partial charge in [0, 0.05) is 23.1 Å². The third-order valence-electron chi connectivity index (χ3n) is 5.47. The molecule has 0 spiro atoms. The monoisotopic (exact) mass is 564 g/mol. The van der Waals surface area contributed by atoms with Gasteiger partial charge in [-0.2, -0.15) is 0 Å². The van der Waals surface area contributed by atoms with Crippen LogP contribution >= 0.6 is 39.1 Å². The first-order chi connectivity index (χ1) is 16.3. The molecule has 3 rings (SSSR count). The van der Waals surface area contributed by atoms with E-state index in [2.05, 4.69) is 21.2 Å². The third kappa shape index (κ3) is 6.44. The van der Waals surface area contributed by atoms with Crippen molar-refractivity contribution in [1.29, 1.82) is 0 Å². The van der Waals surface area contributed by atoms with Gasteiger partial charge in [0.15, 0.2) is 6.61 Å². The highest BCUT2D eigenvalue weighted by Gasteiger charge is 2.29. The van der Waals surface area contributed by atoms with E-state index in [1.54, 1.807) is 18.2 Å². The second-order valence-electron chi connectivity index (χ2n) is 7.86. The fraction of sp³-hybridized carbons (Fsp3) is 0.308. The lowest BCUT2D eigenvalue weighted by Crippen LogP contribution is -2.50.